The summed E-state index contributed by atoms with van der Waals surface area (Å²) in [6, 6.07) is 6.94. The minimum absolute atomic E-state index is 0.103. The third-order valence-corrected chi connectivity index (χ3v) is 5.58. The first-order chi connectivity index (χ1) is 12.7. The van der Waals surface area contributed by atoms with Crippen LogP contribution in [0.2, 0.25) is 0 Å². The molecule has 0 saturated carbocycles. The lowest BCUT2D eigenvalue weighted by atomic mass is 10.1. The van der Waals surface area contributed by atoms with Crippen molar-refractivity contribution in [1.29, 1.82) is 0 Å². The molecule has 0 aromatic heterocycles. The number of benzene rings is 1. The van der Waals surface area contributed by atoms with Crippen LogP contribution in [-0.4, -0.2) is 53.0 Å². The minimum atomic E-state index is 0.103. The maximum absolute atomic E-state index is 12.6. The number of likely N-dealkylation sites (tertiary alicyclic amines) is 2. The van der Waals surface area contributed by atoms with Crippen LogP contribution in [0, 0.1) is 0 Å². The van der Waals surface area contributed by atoms with Crippen molar-refractivity contribution in [2.45, 2.75) is 57.4 Å². The van der Waals surface area contributed by atoms with Gasteiger partial charge in [0, 0.05) is 24.7 Å². The molecule has 26 heavy (non-hydrogen) atoms. The molecule has 2 aliphatic heterocycles. The van der Waals surface area contributed by atoms with Crippen molar-refractivity contribution in [1.82, 2.24) is 9.80 Å². The fourth-order valence-electron chi connectivity index (χ4n) is 4.09. The van der Waals surface area contributed by atoms with Crippen molar-refractivity contribution in [2.75, 3.05) is 26.2 Å². The van der Waals surface area contributed by atoms with Crippen molar-refractivity contribution in [3.8, 4) is 5.75 Å². The van der Waals surface area contributed by atoms with E-state index in [-0.39, 0.29) is 11.7 Å². The van der Waals surface area contributed by atoms with E-state index in [4.69, 9.17) is 0 Å². The SMILES string of the molecule is C1=CCCCC1.O=C(c1ccc(O)cc1)N1CCCC1CN1CCCC1. The number of hydrogen-bond acceptors (Lipinski definition) is 3. The zero-order valence-corrected chi connectivity index (χ0v) is 15.8. The normalized spacial score (nSPS) is 22.9. The van der Waals surface area contributed by atoms with E-state index in [9.17, 15) is 9.90 Å². The number of phenolic OH excluding ortho intramolecular Hbond substituents is 1. The van der Waals surface area contributed by atoms with E-state index in [2.05, 4.69) is 17.1 Å². The standard InChI is InChI=1S/C16H22N2O2.C6H10/c19-15-7-5-13(6-8-15)16(20)18-11-3-4-14(18)12-17-9-1-2-10-17;1-2-4-6-5-3-1/h5-8,14,19H,1-4,9-12H2;1-2H,3-6H2. The fourth-order valence-corrected chi connectivity index (χ4v) is 4.09. The summed E-state index contributed by atoms with van der Waals surface area (Å²) >= 11 is 0. The summed E-state index contributed by atoms with van der Waals surface area (Å²) < 4.78 is 0. The molecule has 4 nitrogen and oxygen atoms in total. The van der Waals surface area contributed by atoms with Crippen LogP contribution in [0.5, 0.6) is 5.75 Å². The molecule has 0 bridgehead atoms. The first-order valence-electron chi connectivity index (χ1n) is 10.2. The quantitative estimate of drug-likeness (QED) is 0.825. The summed E-state index contributed by atoms with van der Waals surface area (Å²) in [4.78, 5) is 17.1. The van der Waals surface area contributed by atoms with Gasteiger partial charge < -0.3 is 14.9 Å². The van der Waals surface area contributed by atoms with Gasteiger partial charge in [0.2, 0.25) is 0 Å². The average molecular weight is 357 g/mol. The number of rotatable bonds is 3. The molecule has 4 rings (SSSR count). The number of carbonyl (C=O) groups excluding carboxylic acids is 1. The Balaban J connectivity index is 0.000000278. The maximum Gasteiger partial charge on any atom is 0.254 e. The van der Waals surface area contributed by atoms with Gasteiger partial charge in [0.05, 0.1) is 0 Å². The lowest BCUT2D eigenvalue weighted by Gasteiger charge is -2.28. The zero-order chi connectivity index (χ0) is 18.2. The molecule has 2 saturated heterocycles. The molecular weight excluding hydrogens is 324 g/mol. The van der Waals surface area contributed by atoms with Crippen LogP contribution >= 0.6 is 0 Å². The third-order valence-electron chi connectivity index (χ3n) is 5.58. The van der Waals surface area contributed by atoms with Crippen LogP contribution in [-0.2, 0) is 0 Å². The summed E-state index contributed by atoms with van der Waals surface area (Å²) in [5.74, 6) is 0.309. The molecule has 2 heterocycles. The molecule has 1 unspecified atom stereocenters. The lowest BCUT2D eigenvalue weighted by Crippen LogP contribution is -2.42. The van der Waals surface area contributed by atoms with Crippen LogP contribution in [0.1, 0.15) is 61.7 Å². The van der Waals surface area contributed by atoms with E-state index in [0.29, 0.717) is 11.6 Å². The average Bonchev–Trinajstić information content (AvgIpc) is 3.36. The summed E-state index contributed by atoms with van der Waals surface area (Å²) in [5, 5.41) is 9.31. The molecular formula is C22H32N2O2. The van der Waals surface area contributed by atoms with Gasteiger partial charge in [0.1, 0.15) is 5.75 Å². The van der Waals surface area contributed by atoms with Crippen LogP contribution < -0.4 is 0 Å². The Hall–Kier alpha value is -1.81. The Morgan fingerprint density at radius 3 is 2.15 bits per heavy atom. The van der Waals surface area contributed by atoms with E-state index in [1.165, 1.54) is 51.6 Å². The highest BCUT2D eigenvalue weighted by molar-refractivity contribution is 5.94. The van der Waals surface area contributed by atoms with Crippen molar-refractivity contribution in [2.24, 2.45) is 0 Å². The van der Waals surface area contributed by atoms with E-state index in [1.54, 1.807) is 24.3 Å². The largest absolute Gasteiger partial charge is 0.508 e. The van der Waals surface area contributed by atoms with E-state index in [0.717, 1.165) is 25.9 Å². The van der Waals surface area contributed by atoms with Gasteiger partial charge in [-0.1, -0.05) is 12.2 Å². The lowest BCUT2D eigenvalue weighted by molar-refractivity contribution is 0.0709. The molecule has 1 aromatic carbocycles. The van der Waals surface area contributed by atoms with Gasteiger partial charge in [-0.3, -0.25) is 4.79 Å². The van der Waals surface area contributed by atoms with Gasteiger partial charge in [-0.05, 0) is 88.7 Å². The molecule has 0 radical (unpaired) electrons. The van der Waals surface area contributed by atoms with Gasteiger partial charge in [0.15, 0.2) is 0 Å². The topological polar surface area (TPSA) is 43.8 Å². The smallest absolute Gasteiger partial charge is 0.254 e. The zero-order valence-electron chi connectivity index (χ0n) is 15.8. The number of hydrogen-bond donors (Lipinski definition) is 1. The second kappa shape index (κ2) is 9.77. The minimum Gasteiger partial charge on any atom is -0.508 e. The molecule has 4 heteroatoms. The van der Waals surface area contributed by atoms with Gasteiger partial charge >= 0.3 is 0 Å². The van der Waals surface area contributed by atoms with Crippen molar-refractivity contribution < 1.29 is 9.90 Å². The van der Waals surface area contributed by atoms with Gasteiger partial charge in [0.25, 0.3) is 5.91 Å². The summed E-state index contributed by atoms with van der Waals surface area (Å²) in [6.45, 7) is 4.23. The highest BCUT2D eigenvalue weighted by atomic mass is 16.3. The molecule has 142 valence electrons. The van der Waals surface area contributed by atoms with Crippen LogP contribution in [0.25, 0.3) is 0 Å². The highest BCUT2D eigenvalue weighted by Crippen LogP contribution is 2.23. The van der Waals surface area contributed by atoms with E-state index < -0.39 is 0 Å². The Bertz CT molecular complexity index is 583. The van der Waals surface area contributed by atoms with Crippen LogP contribution in [0.3, 0.4) is 0 Å². The predicted molar refractivity (Wildman–Crippen MR) is 105 cm³/mol. The molecule has 1 atom stereocenters. The Labute approximate surface area is 157 Å². The Morgan fingerprint density at radius 1 is 0.923 bits per heavy atom. The van der Waals surface area contributed by atoms with Crippen LogP contribution in [0.4, 0.5) is 0 Å². The van der Waals surface area contributed by atoms with E-state index >= 15 is 0 Å². The molecule has 3 aliphatic rings. The predicted octanol–water partition coefficient (Wildman–Crippen LogP) is 4.21. The first-order valence-corrected chi connectivity index (χ1v) is 10.2. The maximum atomic E-state index is 12.6. The van der Waals surface area contributed by atoms with Crippen molar-refractivity contribution in [3.05, 3.63) is 42.0 Å². The van der Waals surface area contributed by atoms with Gasteiger partial charge in [-0.15, -0.1) is 0 Å². The van der Waals surface area contributed by atoms with Crippen LogP contribution in [0.15, 0.2) is 36.4 Å². The van der Waals surface area contributed by atoms with Gasteiger partial charge in [-0.2, -0.15) is 0 Å². The fraction of sp³-hybridized carbons (Fsp3) is 0.591. The number of nitrogens with zero attached hydrogens (tertiary/aromatic N) is 2. The molecule has 1 amide bonds. The summed E-state index contributed by atoms with van der Waals surface area (Å²) in [5.41, 5.74) is 0.677. The molecule has 0 spiro atoms. The summed E-state index contributed by atoms with van der Waals surface area (Å²) in [6.07, 6.45) is 14.8. The monoisotopic (exact) mass is 356 g/mol. The van der Waals surface area contributed by atoms with Crippen molar-refractivity contribution >= 4 is 5.91 Å². The number of amides is 1. The Morgan fingerprint density at radius 2 is 1.58 bits per heavy atom. The summed E-state index contributed by atoms with van der Waals surface area (Å²) in [7, 11) is 0. The highest BCUT2D eigenvalue weighted by Gasteiger charge is 2.31. The second-order valence-electron chi connectivity index (χ2n) is 7.61. The molecule has 1 aliphatic carbocycles. The molecule has 2 fully saturated rings. The number of carbonyl (C=O) groups is 1. The second-order valence-corrected chi connectivity index (χ2v) is 7.61. The number of allylic oxidation sites excluding steroid dienone is 2. The first kappa shape index (κ1) is 19.0. The molecule has 1 N–H and O–H groups in total. The number of aromatic hydroxyl groups is 1. The van der Waals surface area contributed by atoms with Crippen molar-refractivity contribution in [3.63, 3.8) is 0 Å². The third kappa shape index (κ3) is 5.34. The number of phenols is 1. The van der Waals surface area contributed by atoms with Gasteiger partial charge in [-0.25, -0.2) is 0 Å². The Kier molecular flexibility index (Phi) is 7.13. The van der Waals surface area contributed by atoms with E-state index in [1.807, 2.05) is 4.90 Å². The molecule has 1 aromatic rings.